The number of aliphatic carboxylic acids is 1. The van der Waals surface area contributed by atoms with Crippen LogP contribution in [0, 0.1) is 0 Å². The summed E-state index contributed by atoms with van der Waals surface area (Å²) in [5.41, 5.74) is 3.86. The van der Waals surface area contributed by atoms with Crippen LogP contribution < -0.4 is 10.6 Å². The highest BCUT2D eigenvalue weighted by Crippen LogP contribution is 2.44. The number of rotatable bonds is 9. The molecule has 1 atom stereocenters. The van der Waals surface area contributed by atoms with E-state index in [1.807, 2.05) is 24.3 Å². The van der Waals surface area contributed by atoms with Gasteiger partial charge in [0, 0.05) is 25.3 Å². The third-order valence-corrected chi connectivity index (χ3v) is 7.67. The van der Waals surface area contributed by atoms with Crippen molar-refractivity contribution in [2.24, 2.45) is 0 Å². The molecule has 2 aromatic rings. The van der Waals surface area contributed by atoms with Crippen LogP contribution in [0.15, 0.2) is 48.5 Å². The molecule has 4 rings (SSSR count). The van der Waals surface area contributed by atoms with E-state index in [9.17, 15) is 19.5 Å². The first-order valence-corrected chi connectivity index (χ1v) is 12.9. The monoisotopic (exact) mass is 498 g/mol. The normalized spacial score (nSPS) is 17.1. The first-order valence-electron chi connectivity index (χ1n) is 11.8. The number of aliphatic hydroxyl groups is 1. The maximum atomic E-state index is 12.9. The fourth-order valence-corrected chi connectivity index (χ4v) is 6.08. The summed E-state index contributed by atoms with van der Waals surface area (Å²) in [6.07, 6.45) is -0.813. The fourth-order valence-electron chi connectivity index (χ4n) is 4.80. The SMILES string of the molecule is O=C(CC1(NC(=O)OCC2c3ccccc3-c3ccccc32)CCSCC1)NCC[C@H](O)C(=O)O. The Morgan fingerprint density at radius 2 is 1.63 bits per heavy atom. The standard InChI is InChI=1S/C26H30N2O6S/c29-22(24(31)32)9-12-27-23(30)15-26(10-13-35-14-11-26)28-25(33)34-16-21-19-7-3-1-5-17(19)18-6-2-4-8-20(18)21/h1-8,21-22,29H,9-16H2,(H,27,30)(H,28,33)(H,31,32)/t22-/m0/s1. The predicted molar refractivity (Wildman–Crippen MR) is 133 cm³/mol. The summed E-state index contributed by atoms with van der Waals surface area (Å²) in [6.45, 7) is 0.242. The first kappa shape index (κ1) is 25.1. The summed E-state index contributed by atoms with van der Waals surface area (Å²) in [4.78, 5) is 36.2. The second-order valence-corrected chi connectivity index (χ2v) is 10.2. The van der Waals surface area contributed by atoms with E-state index in [0.29, 0.717) is 12.8 Å². The van der Waals surface area contributed by atoms with Gasteiger partial charge in [0.15, 0.2) is 6.10 Å². The summed E-state index contributed by atoms with van der Waals surface area (Å²) in [5.74, 6) is -0.0380. The summed E-state index contributed by atoms with van der Waals surface area (Å²) in [7, 11) is 0. The molecule has 4 N–H and O–H groups in total. The second kappa shape index (κ2) is 11.1. The number of carboxylic acid groups (broad SMARTS) is 1. The lowest BCUT2D eigenvalue weighted by Gasteiger charge is -2.37. The number of fused-ring (bicyclic) bond motifs is 3. The van der Waals surface area contributed by atoms with Crippen LogP contribution in [-0.4, -0.2) is 64.5 Å². The number of alkyl carbamates (subject to hydrolysis) is 1. The highest BCUT2D eigenvalue weighted by atomic mass is 32.2. The van der Waals surface area contributed by atoms with Gasteiger partial charge in [-0.1, -0.05) is 48.5 Å². The van der Waals surface area contributed by atoms with Crippen LogP contribution in [0.1, 0.15) is 42.7 Å². The van der Waals surface area contributed by atoms with Gasteiger partial charge in [0.1, 0.15) is 6.61 Å². The minimum Gasteiger partial charge on any atom is -0.479 e. The molecule has 35 heavy (non-hydrogen) atoms. The molecule has 2 aromatic carbocycles. The van der Waals surface area contributed by atoms with Gasteiger partial charge in [0.25, 0.3) is 0 Å². The molecule has 8 nitrogen and oxygen atoms in total. The number of carbonyl (C=O) groups excluding carboxylic acids is 2. The molecule has 0 unspecified atom stereocenters. The number of hydrogen-bond acceptors (Lipinski definition) is 6. The molecule has 1 aliphatic carbocycles. The van der Waals surface area contributed by atoms with Crippen molar-refractivity contribution in [3.63, 3.8) is 0 Å². The zero-order chi connectivity index (χ0) is 24.8. The van der Waals surface area contributed by atoms with Crippen LogP contribution in [0.25, 0.3) is 11.1 Å². The fraction of sp³-hybridized carbons (Fsp3) is 0.423. The average molecular weight is 499 g/mol. The molecule has 1 heterocycles. The lowest BCUT2D eigenvalue weighted by atomic mass is 9.88. The molecule has 0 bridgehead atoms. The quantitative estimate of drug-likeness (QED) is 0.419. The van der Waals surface area contributed by atoms with Crippen molar-refractivity contribution in [2.45, 2.75) is 43.2 Å². The van der Waals surface area contributed by atoms with Crippen LogP contribution in [0.5, 0.6) is 0 Å². The van der Waals surface area contributed by atoms with Crippen molar-refractivity contribution >= 4 is 29.7 Å². The number of hydrogen-bond donors (Lipinski definition) is 4. The molecule has 0 radical (unpaired) electrons. The van der Waals surface area contributed by atoms with Gasteiger partial charge in [-0.25, -0.2) is 9.59 Å². The lowest BCUT2D eigenvalue weighted by molar-refractivity contribution is -0.147. The smallest absolute Gasteiger partial charge is 0.407 e. The minimum atomic E-state index is -1.52. The number of amides is 2. The minimum absolute atomic E-state index is 0.0437. The molecule has 2 aliphatic rings. The molecule has 1 saturated heterocycles. The van der Waals surface area contributed by atoms with Gasteiger partial charge in [0.05, 0.1) is 5.54 Å². The van der Waals surface area contributed by atoms with E-state index in [2.05, 4.69) is 34.9 Å². The molecule has 1 aliphatic heterocycles. The van der Waals surface area contributed by atoms with E-state index >= 15 is 0 Å². The number of aliphatic hydroxyl groups excluding tert-OH is 1. The van der Waals surface area contributed by atoms with Gasteiger partial charge in [-0.2, -0.15) is 11.8 Å². The molecular weight excluding hydrogens is 468 g/mol. The van der Waals surface area contributed by atoms with Crippen LogP contribution in [0.3, 0.4) is 0 Å². The zero-order valence-corrected chi connectivity index (χ0v) is 20.2. The van der Waals surface area contributed by atoms with Crippen LogP contribution >= 0.6 is 11.8 Å². The topological polar surface area (TPSA) is 125 Å². The molecule has 0 saturated carbocycles. The van der Waals surface area contributed by atoms with Gasteiger partial charge in [-0.15, -0.1) is 0 Å². The Kier molecular flexibility index (Phi) is 7.97. The van der Waals surface area contributed by atoms with Crippen LogP contribution in [-0.2, 0) is 14.3 Å². The summed E-state index contributed by atoms with van der Waals surface area (Å²) in [6, 6.07) is 16.3. The average Bonchev–Trinajstić information content (AvgIpc) is 3.16. The number of nitrogens with one attached hydrogen (secondary N) is 2. The van der Waals surface area contributed by atoms with E-state index in [1.165, 1.54) is 0 Å². The summed E-state index contributed by atoms with van der Waals surface area (Å²) in [5, 5.41) is 23.8. The van der Waals surface area contributed by atoms with Crippen molar-refractivity contribution in [3.8, 4) is 11.1 Å². The third-order valence-electron chi connectivity index (χ3n) is 6.68. The maximum Gasteiger partial charge on any atom is 0.407 e. The highest BCUT2D eigenvalue weighted by Gasteiger charge is 2.37. The number of ether oxygens (including phenoxy) is 1. The maximum absolute atomic E-state index is 12.9. The summed E-state index contributed by atoms with van der Waals surface area (Å²) >= 11 is 1.77. The number of thioether (sulfide) groups is 1. The Labute approximate surface area is 208 Å². The van der Waals surface area contributed by atoms with E-state index in [-0.39, 0.29) is 37.8 Å². The van der Waals surface area contributed by atoms with Gasteiger partial charge in [-0.05, 0) is 46.6 Å². The molecule has 2 amide bonds. The first-order chi connectivity index (χ1) is 16.9. The van der Waals surface area contributed by atoms with E-state index < -0.39 is 23.7 Å². The van der Waals surface area contributed by atoms with Gasteiger partial charge in [-0.3, -0.25) is 4.79 Å². The van der Waals surface area contributed by atoms with Crippen molar-refractivity contribution in [1.29, 1.82) is 0 Å². The number of benzene rings is 2. The van der Waals surface area contributed by atoms with Crippen molar-refractivity contribution in [3.05, 3.63) is 59.7 Å². The van der Waals surface area contributed by atoms with Crippen molar-refractivity contribution in [2.75, 3.05) is 24.7 Å². The largest absolute Gasteiger partial charge is 0.479 e. The lowest BCUT2D eigenvalue weighted by Crippen LogP contribution is -2.53. The third kappa shape index (κ3) is 5.97. The van der Waals surface area contributed by atoms with E-state index in [0.717, 1.165) is 33.8 Å². The number of carbonyl (C=O) groups is 3. The molecule has 9 heteroatoms. The summed E-state index contributed by atoms with van der Waals surface area (Å²) < 4.78 is 5.70. The zero-order valence-electron chi connectivity index (χ0n) is 19.4. The molecular formula is C26H30N2O6S. The molecule has 0 aromatic heterocycles. The van der Waals surface area contributed by atoms with Crippen molar-refractivity contribution < 1.29 is 29.3 Å². The Balaban J connectivity index is 1.36. The van der Waals surface area contributed by atoms with E-state index in [1.54, 1.807) is 11.8 Å². The second-order valence-electron chi connectivity index (χ2n) is 9.01. The number of carboxylic acids is 1. The Morgan fingerprint density at radius 3 is 2.23 bits per heavy atom. The van der Waals surface area contributed by atoms with Gasteiger partial charge < -0.3 is 25.6 Å². The van der Waals surface area contributed by atoms with Crippen molar-refractivity contribution in [1.82, 2.24) is 10.6 Å². The van der Waals surface area contributed by atoms with Gasteiger partial charge >= 0.3 is 12.1 Å². The van der Waals surface area contributed by atoms with Crippen LogP contribution in [0.2, 0.25) is 0 Å². The van der Waals surface area contributed by atoms with E-state index in [4.69, 9.17) is 9.84 Å². The Bertz CT molecular complexity index is 1040. The molecule has 186 valence electrons. The van der Waals surface area contributed by atoms with Crippen LogP contribution in [0.4, 0.5) is 4.79 Å². The molecule has 0 spiro atoms. The highest BCUT2D eigenvalue weighted by molar-refractivity contribution is 7.99. The Morgan fingerprint density at radius 1 is 1.03 bits per heavy atom. The Hall–Kier alpha value is -3.04. The molecule has 1 fully saturated rings. The predicted octanol–water partition coefficient (Wildman–Crippen LogP) is 3.13. The van der Waals surface area contributed by atoms with Gasteiger partial charge in [0.2, 0.25) is 5.91 Å².